The Balaban J connectivity index is 0.000000399. The Hall–Kier alpha value is 0.500. The van der Waals surface area contributed by atoms with E-state index in [1.807, 2.05) is 0 Å². The molecule has 4 nitrogen and oxygen atoms in total. The fourth-order valence-corrected chi connectivity index (χ4v) is 3.47. The third-order valence-corrected chi connectivity index (χ3v) is 6.13. The van der Waals surface area contributed by atoms with Crippen LogP contribution in [-0.4, -0.2) is 51.1 Å². The summed E-state index contributed by atoms with van der Waals surface area (Å²) in [5.41, 5.74) is 0. The fourth-order valence-electron chi connectivity index (χ4n) is 1.15. The van der Waals surface area contributed by atoms with E-state index in [0.29, 0.717) is 0 Å². The van der Waals surface area contributed by atoms with Gasteiger partial charge in [0.05, 0.1) is 32.3 Å². The van der Waals surface area contributed by atoms with Crippen molar-refractivity contribution < 1.29 is 9.59 Å². The molecule has 0 spiro atoms. The number of nitrogens with zero attached hydrogens (tertiary/aromatic N) is 2. The number of rotatable bonds is 2. The lowest BCUT2D eigenvalue weighted by Gasteiger charge is -2.37. The minimum absolute atomic E-state index is 0.160. The maximum Gasteiger partial charge on any atom is 0.236 e. The Kier molecular flexibility index (Phi) is 10.5. The molecule has 0 heterocycles. The summed E-state index contributed by atoms with van der Waals surface area (Å²) in [6.45, 7) is -0.160. The highest BCUT2D eigenvalue weighted by molar-refractivity contribution is 6.45. The van der Waals surface area contributed by atoms with Crippen LogP contribution in [0.4, 0.5) is 0 Å². The molecule has 0 saturated heterocycles. The average Bonchev–Trinajstić information content (AvgIpc) is 2.42. The first kappa shape index (κ1) is 19.5. The monoisotopic (exact) mass is 386 g/mol. The molecule has 1 aliphatic rings. The van der Waals surface area contributed by atoms with Crippen LogP contribution in [0.25, 0.3) is 0 Å². The van der Waals surface area contributed by atoms with Crippen LogP contribution in [0.3, 0.4) is 0 Å². The van der Waals surface area contributed by atoms with Gasteiger partial charge in [-0.05, 0) is 0 Å². The summed E-state index contributed by atoms with van der Waals surface area (Å²) in [6, 6.07) is 0. The zero-order chi connectivity index (χ0) is 15.0. The first-order chi connectivity index (χ1) is 8.88. The van der Waals surface area contributed by atoms with Crippen molar-refractivity contribution in [1.29, 1.82) is 0 Å². The van der Waals surface area contributed by atoms with Gasteiger partial charge in [-0.2, -0.15) is 9.98 Å². The predicted octanol–water partition coefficient (Wildman–Crippen LogP) is 3.26. The zero-order valence-electron chi connectivity index (χ0n) is 9.15. The molecule has 0 aliphatic heterocycles. The van der Waals surface area contributed by atoms with E-state index < -0.39 is 32.3 Å². The summed E-state index contributed by atoms with van der Waals surface area (Å²) >= 11 is 35.3. The number of isocyanates is 2. The van der Waals surface area contributed by atoms with E-state index in [2.05, 4.69) is 9.98 Å². The molecule has 0 aromatic carbocycles. The standard InChI is InChI=1S/C6H6Cl6.C3H2N2O2/c7-1-2(8)4(10)6(12)5(11)3(1)9;6-2-4-1-5-3-7/h1-6H;1H2/t1-,2-,3-,4+,5+,6+;. The number of carbonyl (C=O) groups excluding carboxylic acids is 2. The SMILES string of the molecule is Cl[C@H]1[C@H](Cl)[C@@H](Cl)[C@@H](Cl)[C@H](Cl)[C@H]1Cl.O=C=NCN=C=O. The van der Waals surface area contributed by atoms with Gasteiger partial charge in [0.15, 0.2) is 6.67 Å². The van der Waals surface area contributed by atoms with Crippen LogP contribution in [0.2, 0.25) is 0 Å². The topological polar surface area (TPSA) is 58.9 Å². The molecule has 0 bridgehead atoms. The summed E-state index contributed by atoms with van der Waals surface area (Å²) in [7, 11) is 0. The summed E-state index contributed by atoms with van der Waals surface area (Å²) in [4.78, 5) is 24.2. The van der Waals surface area contributed by atoms with Crippen molar-refractivity contribution in [3.63, 3.8) is 0 Å². The lowest BCUT2D eigenvalue weighted by atomic mass is 9.97. The molecule has 1 aliphatic carbocycles. The van der Waals surface area contributed by atoms with Crippen molar-refractivity contribution in [2.75, 3.05) is 6.67 Å². The molecular formula is C9H8Cl6N2O2. The number of hydrogen-bond donors (Lipinski definition) is 0. The van der Waals surface area contributed by atoms with Gasteiger partial charge >= 0.3 is 0 Å². The summed E-state index contributed by atoms with van der Waals surface area (Å²) < 4.78 is 0. The molecule has 1 fully saturated rings. The second kappa shape index (κ2) is 10.3. The Labute approximate surface area is 140 Å². The second-order valence-electron chi connectivity index (χ2n) is 3.31. The van der Waals surface area contributed by atoms with Gasteiger partial charge in [-0.1, -0.05) is 0 Å². The van der Waals surface area contributed by atoms with Crippen molar-refractivity contribution in [3.8, 4) is 0 Å². The van der Waals surface area contributed by atoms with Gasteiger partial charge in [-0.15, -0.1) is 69.6 Å². The van der Waals surface area contributed by atoms with Crippen LogP contribution in [-0.2, 0) is 9.59 Å². The number of aliphatic imine (C=N–C) groups is 2. The van der Waals surface area contributed by atoms with Gasteiger partial charge in [0.1, 0.15) is 0 Å². The quantitative estimate of drug-likeness (QED) is 0.414. The molecule has 108 valence electrons. The van der Waals surface area contributed by atoms with Crippen molar-refractivity contribution in [2.45, 2.75) is 32.3 Å². The van der Waals surface area contributed by atoms with Crippen LogP contribution in [0.5, 0.6) is 0 Å². The summed E-state index contributed by atoms with van der Waals surface area (Å²) in [6.07, 6.45) is 2.41. The molecular weight excluding hydrogens is 381 g/mol. The van der Waals surface area contributed by atoms with Crippen molar-refractivity contribution in [1.82, 2.24) is 0 Å². The molecule has 0 unspecified atom stereocenters. The fraction of sp³-hybridized carbons (Fsp3) is 0.778. The maximum absolute atomic E-state index is 9.20. The van der Waals surface area contributed by atoms with Gasteiger partial charge < -0.3 is 0 Å². The molecule has 0 aromatic heterocycles. The zero-order valence-corrected chi connectivity index (χ0v) is 13.7. The second-order valence-corrected chi connectivity index (χ2v) is 6.33. The van der Waals surface area contributed by atoms with Crippen LogP contribution in [0.15, 0.2) is 9.98 Å². The highest BCUT2D eigenvalue weighted by atomic mass is 35.5. The number of halogens is 6. The van der Waals surface area contributed by atoms with E-state index in [1.54, 1.807) is 0 Å². The molecule has 10 heteroatoms. The van der Waals surface area contributed by atoms with Crippen LogP contribution in [0, 0.1) is 0 Å². The summed E-state index contributed by atoms with van der Waals surface area (Å²) in [5.74, 6) is 0. The molecule has 0 atom stereocenters. The van der Waals surface area contributed by atoms with Crippen molar-refractivity contribution in [3.05, 3.63) is 0 Å². The van der Waals surface area contributed by atoms with Crippen LogP contribution < -0.4 is 0 Å². The highest BCUT2D eigenvalue weighted by Crippen LogP contribution is 2.39. The van der Waals surface area contributed by atoms with E-state index in [0.717, 1.165) is 0 Å². The molecule has 0 amide bonds. The molecule has 1 rings (SSSR count). The molecule has 19 heavy (non-hydrogen) atoms. The van der Waals surface area contributed by atoms with Crippen LogP contribution in [0.1, 0.15) is 0 Å². The Morgan fingerprint density at radius 2 is 0.842 bits per heavy atom. The number of alkyl halides is 6. The minimum atomic E-state index is -0.437. The van der Waals surface area contributed by atoms with Gasteiger partial charge in [-0.3, -0.25) is 0 Å². The molecule has 0 radical (unpaired) electrons. The van der Waals surface area contributed by atoms with Gasteiger partial charge in [0, 0.05) is 0 Å². The Morgan fingerprint density at radius 3 is 1.00 bits per heavy atom. The normalized spacial score (nSPS) is 37.2. The molecule has 0 aromatic rings. The number of hydrogen-bond acceptors (Lipinski definition) is 4. The molecule has 1 saturated carbocycles. The van der Waals surface area contributed by atoms with Gasteiger partial charge in [-0.25, -0.2) is 9.59 Å². The van der Waals surface area contributed by atoms with E-state index in [4.69, 9.17) is 69.6 Å². The van der Waals surface area contributed by atoms with Crippen LogP contribution >= 0.6 is 69.6 Å². The maximum atomic E-state index is 9.20. The first-order valence-electron chi connectivity index (χ1n) is 4.80. The third-order valence-electron chi connectivity index (χ3n) is 2.10. The minimum Gasteiger partial charge on any atom is -0.211 e. The summed E-state index contributed by atoms with van der Waals surface area (Å²) in [5, 5.41) is -2.62. The smallest absolute Gasteiger partial charge is 0.211 e. The molecule has 0 N–H and O–H groups in total. The van der Waals surface area contributed by atoms with Gasteiger partial charge in [0.2, 0.25) is 12.2 Å². The Morgan fingerprint density at radius 1 is 0.632 bits per heavy atom. The first-order valence-corrected chi connectivity index (χ1v) is 7.42. The largest absolute Gasteiger partial charge is 0.236 e. The third kappa shape index (κ3) is 6.20. The van der Waals surface area contributed by atoms with E-state index in [-0.39, 0.29) is 6.67 Å². The Bertz CT molecular complexity index is 297. The predicted molar refractivity (Wildman–Crippen MR) is 79.0 cm³/mol. The van der Waals surface area contributed by atoms with Crippen molar-refractivity contribution >= 4 is 81.8 Å². The van der Waals surface area contributed by atoms with E-state index in [1.165, 1.54) is 12.2 Å². The van der Waals surface area contributed by atoms with Gasteiger partial charge in [0.25, 0.3) is 0 Å². The van der Waals surface area contributed by atoms with E-state index >= 15 is 0 Å². The van der Waals surface area contributed by atoms with Crippen molar-refractivity contribution in [2.24, 2.45) is 9.98 Å². The lowest BCUT2D eigenvalue weighted by Crippen LogP contribution is -2.52. The lowest BCUT2D eigenvalue weighted by molar-refractivity contribution is 0.544. The van der Waals surface area contributed by atoms with E-state index in [9.17, 15) is 9.59 Å². The average molecular weight is 389 g/mol. The highest BCUT2D eigenvalue weighted by Gasteiger charge is 2.46.